The van der Waals surface area contributed by atoms with Gasteiger partial charge in [-0.25, -0.2) is 14.4 Å². The average molecular weight is 808 g/mol. The predicted octanol–water partition coefficient (Wildman–Crippen LogP) is 3.26. The molecule has 0 radical (unpaired) electrons. The number of aliphatic hydroxyl groups is 4. The summed E-state index contributed by atoms with van der Waals surface area (Å²) >= 11 is 0. The maximum absolute atomic E-state index is 14.8. The van der Waals surface area contributed by atoms with Crippen molar-refractivity contribution in [3.63, 3.8) is 0 Å². The third kappa shape index (κ3) is 7.00. The van der Waals surface area contributed by atoms with Gasteiger partial charge in [-0.1, -0.05) is 68.0 Å². The summed E-state index contributed by atoms with van der Waals surface area (Å²) in [5.74, 6) is -5.53. The monoisotopic (exact) mass is 807 g/mol. The van der Waals surface area contributed by atoms with E-state index in [9.17, 15) is 44.4 Å². The van der Waals surface area contributed by atoms with E-state index in [1.807, 2.05) is 0 Å². The second-order valence-corrected chi connectivity index (χ2v) is 17.6. The molecule has 15 nitrogen and oxygen atoms in total. The Morgan fingerprint density at radius 1 is 0.948 bits per heavy atom. The summed E-state index contributed by atoms with van der Waals surface area (Å²) in [7, 11) is 0. The molecule has 11 atom stereocenters. The molecule has 3 aliphatic carbocycles. The maximum Gasteiger partial charge on any atom is 0.408 e. The van der Waals surface area contributed by atoms with Gasteiger partial charge in [-0.2, -0.15) is 0 Å². The number of carbonyl (C=O) groups is 5. The van der Waals surface area contributed by atoms with E-state index in [2.05, 4.69) is 5.32 Å². The Morgan fingerprint density at radius 2 is 1.55 bits per heavy atom. The molecule has 2 aromatic carbocycles. The third-order valence-electron chi connectivity index (χ3n) is 12.5. The van der Waals surface area contributed by atoms with Crippen LogP contribution in [0.25, 0.3) is 0 Å². The number of benzene rings is 2. The number of hydrogen-bond acceptors (Lipinski definition) is 14. The molecule has 2 aromatic rings. The van der Waals surface area contributed by atoms with Crippen LogP contribution in [-0.4, -0.2) is 110 Å². The van der Waals surface area contributed by atoms with Crippen LogP contribution in [0.5, 0.6) is 0 Å². The quantitative estimate of drug-likeness (QED) is 0.147. The zero-order valence-electron chi connectivity index (χ0n) is 33.9. The third-order valence-corrected chi connectivity index (χ3v) is 12.5. The van der Waals surface area contributed by atoms with Crippen LogP contribution in [0.3, 0.4) is 0 Å². The molecule has 2 saturated carbocycles. The van der Waals surface area contributed by atoms with E-state index in [4.69, 9.17) is 23.7 Å². The summed E-state index contributed by atoms with van der Waals surface area (Å²) in [6.07, 6.45) is -11.8. The van der Waals surface area contributed by atoms with Crippen molar-refractivity contribution in [1.82, 2.24) is 5.32 Å². The lowest BCUT2D eigenvalue weighted by Crippen LogP contribution is -2.83. The molecule has 1 saturated heterocycles. The number of ether oxygens (including phenoxy) is 5. The number of fused-ring (bicyclic) bond motifs is 5. The fraction of sp³-hybridized carbons (Fsp3) is 0.558. The number of aliphatic hydroxyl groups excluding tert-OH is 3. The summed E-state index contributed by atoms with van der Waals surface area (Å²) < 4.78 is 29.7. The highest BCUT2D eigenvalue weighted by Crippen LogP contribution is 2.64. The molecular formula is C43H53NO14. The standard InChI is InChI=1S/C43H53NO14/c1-22-19-28(55-37(51)32(48)30(24-15-11-9-12-16-24)44-38(52)58-39(3,4)5)43(53)35(56-36(50)25-17-13-10-14-18-25)33-41(8,34(49)31(47)29(22)40(43,6)7)26(46)20-27-42(33,21-54-27)57-23(2)45/h9-18,26-28,30-33,35,46-48,53H,19-21H2,1-8H3,(H,44,52)/t26-,27+,28+,30-,31+,32+,33-,35-,41+,42-,43+/m0/s1. The van der Waals surface area contributed by atoms with Crippen LogP contribution in [0.2, 0.25) is 0 Å². The number of carbonyl (C=O) groups excluding carboxylic acids is 5. The summed E-state index contributed by atoms with van der Waals surface area (Å²) in [6, 6.07) is 14.5. The van der Waals surface area contributed by atoms with Crippen molar-refractivity contribution in [2.24, 2.45) is 16.7 Å². The zero-order chi connectivity index (χ0) is 42.7. The van der Waals surface area contributed by atoms with Gasteiger partial charge in [0.2, 0.25) is 0 Å². The molecule has 2 bridgehead atoms. The number of Topliss-reactive ketones (excluding diaryl/α,β-unsaturated/α-hetero) is 1. The van der Waals surface area contributed by atoms with Crippen molar-refractivity contribution in [3.8, 4) is 0 Å². The van der Waals surface area contributed by atoms with Gasteiger partial charge in [0.1, 0.15) is 35.6 Å². The highest BCUT2D eigenvalue weighted by Gasteiger charge is 2.79. The molecule has 15 heteroatoms. The molecule has 3 fully saturated rings. The van der Waals surface area contributed by atoms with Gasteiger partial charge in [0.25, 0.3) is 0 Å². The van der Waals surface area contributed by atoms with Crippen molar-refractivity contribution in [2.75, 3.05) is 6.61 Å². The van der Waals surface area contributed by atoms with Crippen molar-refractivity contribution >= 4 is 29.8 Å². The van der Waals surface area contributed by atoms with E-state index in [0.29, 0.717) is 11.1 Å². The van der Waals surface area contributed by atoms with Crippen LogP contribution in [-0.2, 0) is 38.1 Å². The SMILES string of the molecule is CC(=O)O[C@@]12CO[C@@H]1C[C@H](O)[C@@]1(C)C(=O)[C@H](O)C3=C(C)C[C@@H](OC(=O)[C@H](O)[C@@H](NC(=O)OC(C)(C)C)c4ccccc4)[C@@](O)([C@@H](OC(=O)c4ccccc4)[C@H]21)C3(C)C. The molecule has 314 valence electrons. The summed E-state index contributed by atoms with van der Waals surface area (Å²) in [5, 5.41) is 51.9. The Hall–Kier alpha value is -4.67. The average Bonchev–Trinajstić information content (AvgIpc) is 3.14. The van der Waals surface area contributed by atoms with Crippen molar-refractivity contribution in [3.05, 3.63) is 82.9 Å². The van der Waals surface area contributed by atoms with Crippen LogP contribution in [0, 0.1) is 16.7 Å². The van der Waals surface area contributed by atoms with Crippen molar-refractivity contribution in [1.29, 1.82) is 0 Å². The van der Waals surface area contributed by atoms with E-state index in [1.165, 1.54) is 32.9 Å². The Bertz CT molecular complexity index is 1980. The van der Waals surface area contributed by atoms with Gasteiger partial charge >= 0.3 is 24.0 Å². The minimum absolute atomic E-state index is 0.0442. The summed E-state index contributed by atoms with van der Waals surface area (Å²) in [4.78, 5) is 69.3. The lowest BCUT2D eigenvalue weighted by Gasteiger charge is -2.67. The van der Waals surface area contributed by atoms with Crippen LogP contribution < -0.4 is 5.32 Å². The molecule has 5 N–H and O–H groups in total. The van der Waals surface area contributed by atoms with Gasteiger partial charge in [-0.3, -0.25) is 9.59 Å². The minimum atomic E-state index is -2.60. The van der Waals surface area contributed by atoms with Gasteiger partial charge in [-0.15, -0.1) is 0 Å². The summed E-state index contributed by atoms with van der Waals surface area (Å²) in [6.45, 7) is 11.7. The first-order chi connectivity index (χ1) is 27.0. The topological polar surface area (TPSA) is 224 Å². The number of amides is 1. The van der Waals surface area contributed by atoms with Gasteiger partial charge in [-0.05, 0) is 57.9 Å². The molecular weight excluding hydrogens is 754 g/mol. The van der Waals surface area contributed by atoms with Gasteiger partial charge < -0.3 is 49.4 Å². The molecule has 1 heterocycles. The number of ketones is 1. The maximum atomic E-state index is 14.8. The molecule has 58 heavy (non-hydrogen) atoms. The fourth-order valence-electron chi connectivity index (χ4n) is 9.72. The molecule has 1 amide bonds. The van der Waals surface area contributed by atoms with Crippen molar-refractivity contribution < 1.29 is 68.1 Å². The zero-order valence-corrected chi connectivity index (χ0v) is 33.9. The molecule has 4 aliphatic rings. The van der Waals surface area contributed by atoms with Crippen LogP contribution in [0.15, 0.2) is 71.8 Å². The molecule has 0 unspecified atom stereocenters. The number of nitrogens with one attached hydrogen (secondary N) is 1. The second kappa shape index (κ2) is 15.2. The van der Waals surface area contributed by atoms with E-state index < -0.39 is 106 Å². The first kappa shape index (κ1) is 42.9. The van der Waals surface area contributed by atoms with Crippen LogP contribution in [0.1, 0.15) is 90.2 Å². The van der Waals surface area contributed by atoms with E-state index in [-0.39, 0.29) is 30.6 Å². The second-order valence-electron chi connectivity index (χ2n) is 17.6. The number of rotatable bonds is 8. The first-order valence-electron chi connectivity index (χ1n) is 19.3. The smallest absolute Gasteiger partial charge is 0.408 e. The fourth-order valence-corrected chi connectivity index (χ4v) is 9.72. The van der Waals surface area contributed by atoms with Crippen LogP contribution >= 0.6 is 0 Å². The Kier molecular flexibility index (Phi) is 11.2. The number of alkyl carbamates (subject to hydrolysis) is 1. The molecule has 1 aliphatic heterocycles. The Morgan fingerprint density at radius 3 is 2.10 bits per heavy atom. The normalized spacial score (nSPS) is 33.7. The highest BCUT2D eigenvalue weighted by atomic mass is 16.6. The Labute approximate surface area is 336 Å². The molecule has 0 aromatic heterocycles. The number of esters is 3. The van der Waals surface area contributed by atoms with Gasteiger partial charge in [0.15, 0.2) is 17.5 Å². The van der Waals surface area contributed by atoms with E-state index in [0.717, 1.165) is 6.92 Å². The highest BCUT2D eigenvalue weighted by molar-refractivity contribution is 5.94. The lowest BCUT2D eigenvalue weighted by atomic mass is 9.44. The largest absolute Gasteiger partial charge is 0.457 e. The Balaban J connectivity index is 1.53. The molecule has 6 rings (SSSR count). The minimum Gasteiger partial charge on any atom is -0.457 e. The van der Waals surface area contributed by atoms with Gasteiger partial charge in [0, 0.05) is 25.2 Å². The predicted molar refractivity (Wildman–Crippen MR) is 204 cm³/mol. The van der Waals surface area contributed by atoms with E-state index in [1.54, 1.807) is 76.2 Å². The summed E-state index contributed by atoms with van der Waals surface area (Å²) in [5.41, 5.74) is -8.43. The number of hydrogen-bond donors (Lipinski definition) is 5. The lowest BCUT2D eigenvalue weighted by molar-refractivity contribution is -0.350. The molecule has 0 spiro atoms. The van der Waals surface area contributed by atoms with Crippen molar-refractivity contribution in [2.45, 2.75) is 128 Å². The van der Waals surface area contributed by atoms with Crippen LogP contribution in [0.4, 0.5) is 4.79 Å². The van der Waals surface area contributed by atoms with E-state index >= 15 is 0 Å². The van der Waals surface area contributed by atoms with Gasteiger partial charge in [0.05, 0.1) is 35.6 Å². The first-order valence-corrected chi connectivity index (χ1v) is 19.3.